The first kappa shape index (κ1) is 18.4. The second-order valence-electron chi connectivity index (χ2n) is 5.75. The average Bonchev–Trinajstić information content (AvgIpc) is 2.67. The molecule has 4 nitrogen and oxygen atoms in total. The van der Waals surface area contributed by atoms with Gasteiger partial charge in [-0.3, -0.25) is 4.98 Å². The van der Waals surface area contributed by atoms with E-state index in [-0.39, 0.29) is 5.97 Å². The first-order valence-electron chi connectivity index (χ1n) is 8.41. The summed E-state index contributed by atoms with van der Waals surface area (Å²) in [6.07, 6.45) is 7.18. The van der Waals surface area contributed by atoms with E-state index in [0.29, 0.717) is 17.6 Å². The SMILES string of the molecule is CCCCC=C(Cc1ccc(-c2ccccc2C#N)nc1)C(=O)OC. The lowest BCUT2D eigenvalue weighted by molar-refractivity contribution is -0.136. The van der Waals surface area contributed by atoms with E-state index in [9.17, 15) is 10.1 Å². The molecule has 4 heteroatoms. The van der Waals surface area contributed by atoms with Crippen molar-refractivity contribution in [1.29, 1.82) is 5.26 Å². The summed E-state index contributed by atoms with van der Waals surface area (Å²) in [4.78, 5) is 16.4. The number of aromatic nitrogens is 1. The number of pyridine rings is 1. The zero-order chi connectivity index (χ0) is 18.1. The number of rotatable bonds is 7. The van der Waals surface area contributed by atoms with E-state index in [0.717, 1.165) is 36.1 Å². The lowest BCUT2D eigenvalue weighted by Gasteiger charge is -2.08. The lowest BCUT2D eigenvalue weighted by atomic mass is 10.0. The molecule has 128 valence electrons. The van der Waals surface area contributed by atoms with Crippen molar-refractivity contribution in [3.05, 3.63) is 65.4 Å². The highest BCUT2D eigenvalue weighted by molar-refractivity contribution is 5.88. The molecular weight excluding hydrogens is 312 g/mol. The van der Waals surface area contributed by atoms with E-state index in [1.807, 2.05) is 36.4 Å². The molecule has 2 aromatic rings. The van der Waals surface area contributed by atoms with Crippen LogP contribution in [0.2, 0.25) is 0 Å². The van der Waals surface area contributed by atoms with E-state index in [1.165, 1.54) is 7.11 Å². The van der Waals surface area contributed by atoms with E-state index >= 15 is 0 Å². The number of esters is 1. The second-order valence-corrected chi connectivity index (χ2v) is 5.75. The number of methoxy groups -OCH3 is 1. The molecule has 0 saturated heterocycles. The molecule has 0 N–H and O–H groups in total. The first-order valence-corrected chi connectivity index (χ1v) is 8.41. The lowest BCUT2D eigenvalue weighted by Crippen LogP contribution is -2.08. The van der Waals surface area contributed by atoms with Crippen molar-refractivity contribution in [2.75, 3.05) is 7.11 Å². The topological polar surface area (TPSA) is 63.0 Å². The Morgan fingerprint density at radius 2 is 2.08 bits per heavy atom. The summed E-state index contributed by atoms with van der Waals surface area (Å²) in [6, 6.07) is 13.4. The Morgan fingerprint density at radius 1 is 1.28 bits per heavy atom. The summed E-state index contributed by atoms with van der Waals surface area (Å²) in [7, 11) is 1.40. The summed E-state index contributed by atoms with van der Waals surface area (Å²) in [5.41, 5.74) is 3.74. The third-order valence-electron chi connectivity index (χ3n) is 3.94. The fraction of sp³-hybridized carbons (Fsp3) is 0.286. The van der Waals surface area contributed by atoms with E-state index in [4.69, 9.17) is 4.74 Å². The molecule has 0 radical (unpaired) electrons. The van der Waals surface area contributed by atoms with Gasteiger partial charge in [0.15, 0.2) is 0 Å². The molecular formula is C21H22N2O2. The van der Waals surface area contributed by atoms with Crippen molar-refractivity contribution in [2.24, 2.45) is 0 Å². The smallest absolute Gasteiger partial charge is 0.333 e. The van der Waals surface area contributed by atoms with Gasteiger partial charge in [-0.15, -0.1) is 0 Å². The van der Waals surface area contributed by atoms with Crippen molar-refractivity contribution < 1.29 is 9.53 Å². The molecule has 0 aliphatic rings. The third-order valence-corrected chi connectivity index (χ3v) is 3.94. The number of benzene rings is 1. The minimum Gasteiger partial charge on any atom is -0.466 e. The predicted molar refractivity (Wildman–Crippen MR) is 97.7 cm³/mol. The zero-order valence-corrected chi connectivity index (χ0v) is 14.7. The van der Waals surface area contributed by atoms with Crippen LogP contribution in [0, 0.1) is 11.3 Å². The first-order chi connectivity index (χ1) is 12.2. The summed E-state index contributed by atoms with van der Waals surface area (Å²) in [5, 5.41) is 9.21. The van der Waals surface area contributed by atoms with E-state index < -0.39 is 0 Å². The number of nitriles is 1. The molecule has 1 aromatic heterocycles. The monoisotopic (exact) mass is 334 g/mol. The van der Waals surface area contributed by atoms with Gasteiger partial charge in [-0.25, -0.2) is 4.79 Å². The maximum absolute atomic E-state index is 11.9. The molecule has 0 unspecified atom stereocenters. The van der Waals surface area contributed by atoms with Gasteiger partial charge in [0.1, 0.15) is 0 Å². The van der Waals surface area contributed by atoms with Crippen LogP contribution in [0.5, 0.6) is 0 Å². The molecule has 2 rings (SSSR count). The summed E-state index contributed by atoms with van der Waals surface area (Å²) >= 11 is 0. The summed E-state index contributed by atoms with van der Waals surface area (Å²) < 4.78 is 4.87. The fourth-order valence-corrected chi connectivity index (χ4v) is 2.55. The van der Waals surface area contributed by atoms with Gasteiger partial charge < -0.3 is 4.74 Å². The van der Waals surface area contributed by atoms with Crippen LogP contribution in [0.15, 0.2) is 54.2 Å². The minimum absolute atomic E-state index is 0.296. The highest BCUT2D eigenvalue weighted by Gasteiger charge is 2.11. The molecule has 0 spiro atoms. The molecule has 0 aliphatic heterocycles. The average molecular weight is 334 g/mol. The zero-order valence-electron chi connectivity index (χ0n) is 14.7. The molecule has 25 heavy (non-hydrogen) atoms. The maximum Gasteiger partial charge on any atom is 0.333 e. The predicted octanol–water partition coefficient (Wildman–Crippen LogP) is 4.45. The van der Waals surface area contributed by atoms with Gasteiger partial charge in [-0.2, -0.15) is 5.26 Å². The number of carbonyl (C=O) groups is 1. The number of nitrogens with zero attached hydrogens (tertiary/aromatic N) is 2. The number of ether oxygens (including phenoxy) is 1. The third kappa shape index (κ3) is 5.02. The number of carbonyl (C=O) groups excluding carboxylic acids is 1. The molecule has 0 amide bonds. The Kier molecular flexibility index (Phi) is 6.91. The Morgan fingerprint density at radius 3 is 2.72 bits per heavy atom. The van der Waals surface area contributed by atoms with E-state index in [1.54, 1.807) is 12.3 Å². The number of hydrogen-bond donors (Lipinski definition) is 0. The van der Waals surface area contributed by atoms with Crippen molar-refractivity contribution in [2.45, 2.75) is 32.6 Å². The highest BCUT2D eigenvalue weighted by atomic mass is 16.5. The quantitative estimate of drug-likeness (QED) is 0.426. The van der Waals surface area contributed by atoms with Crippen LogP contribution in [-0.4, -0.2) is 18.1 Å². The molecule has 1 heterocycles. The standard InChI is InChI=1S/C21H22N2O2/c1-3-4-5-8-17(21(24)25-2)13-16-11-12-20(23-15-16)19-10-7-6-9-18(19)14-22/h6-12,15H,3-5,13H2,1-2H3. The minimum atomic E-state index is -0.296. The van der Waals surface area contributed by atoms with Crippen molar-refractivity contribution in [3.8, 4) is 17.3 Å². The number of allylic oxidation sites excluding steroid dienone is 1. The van der Waals surface area contributed by atoms with Crippen LogP contribution in [0.4, 0.5) is 0 Å². The molecule has 0 fully saturated rings. The highest BCUT2D eigenvalue weighted by Crippen LogP contribution is 2.22. The molecule has 0 saturated carbocycles. The second kappa shape index (κ2) is 9.39. The van der Waals surface area contributed by atoms with Gasteiger partial charge in [0.05, 0.1) is 24.4 Å². The van der Waals surface area contributed by atoms with Crippen LogP contribution in [0.3, 0.4) is 0 Å². The van der Waals surface area contributed by atoms with E-state index in [2.05, 4.69) is 18.0 Å². The van der Waals surface area contributed by atoms with Gasteiger partial charge in [-0.1, -0.05) is 50.1 Å². The Balaban J connectivity index is 2.19. The van der Waals surface area contributed by atoms with Gasteiger partial charge in [0.25, 0.3) is 0 Å². The Bertz CT molecular complexity index is 786. The largest absolute Gasteiger partial charge is 0.466 e. The molecule has 0 bridgehead atoms. The van der Waals surface area contributed by atoms with Crippen molar-refractivity contribution in [1.82, 2.24) is 4.98 Å². The van der Waals surface area contributed by atoms with Crippen LogP contribution < -0.4 is 0 Å². The maximum atomic E-state index is 11.9. The van der Waals surface area contributed by atoms with Crippen LogP contribution >= 0.6 is 0 Å². The molecule has 0 atom stereocenters. The Labute approximate surface area is 148 Å². The van der Waals surface area contributed by atoms with Crippen molar-refractivity contribution >= 4 is 5.97 Å². The van der Waals surface area contributed by atoms with Gasteiger partial charge >= 0.3 is 5.97 Å². The van der Waals surface area contributed by atoms with Crippen LogP contribution in [0.25, 0.3) is 11.3 Å². The van der Waals surface area contributed by atoms with Crippen LogP contribution in [0.1, 0.15) is 37.3 Å². The molecule has 1 aromatic carbocycles. The van der Waals surface area contributed by atoms with Gasteiger partial charge in [0, 0.05) is 23.8 Å². The van der Waals surface area contributed by atoms with Crippen molar-refractivity contribution in [3.63, 3.8) is 0 Å². The fourth-order valence-electron chi connectivity index (χ4n) is 2.55. The summed E-state index contributed by atoms with van der Waals surface area (Å²) in [5.74, 6) is -0.296. The normalized spacial score (nSPS) is 11.0. The number of hydrogen-bond acceptors (Lipinski definition) is 4. The Hall–Kier alpha value is -2.93. The number of unbranched alkanes of at least 4 members (excludes halogenated alkanes) is 2. The summed E-state index contributed by atoms with van der Waals surface area (Å²) in [6.45, 7) is 2.12. The molecule has 0 aliphatic carbocycles. The van der Waals surface area contributed by atoms with Gasteiger partial charge in [0.2, 0.25) is 0 Å². The van der Waals surface area contributed by atoms with Crippen LogP contribution in [-0.2, 0) is 16.0 Å². The van der Waals surface area contributed by atoms with Gasteiger partial charge in [-0.05, 0) is 24.1 Å².